The van der Waals surface area contributed by atoms with Gasteiger partial charge in [0.05, 0.1) is 5.56 Å². The first-order valence-electron chi connectivity index (χ1n) is 13.1. The summed E-state index contributed by atoms with van der Waals surface area (Å²) in [6.45, 7) is 13.0. The van der Waals surface area contributed by atoms with Crippen molar-refractivity contribution in [2.24, 2.45) is 11.8 Å². The second kappa shape index (κ2) is 11.1. The molecule has 6 heteroatoms. The molecule has 4 nitrogen and oxygen atoms in total. The first-order valence-corrected chi connectivity index (χ1v) is 15.4. The highest BCUT2D eigenvalue weighted by atomic mass is 35.5. The van der Waals surface area contributed by atoms with Crippen molar-refractivity contribution in [3.63, 3.8) is 0 Å². The summed E-state index contributed by atoms with van der Waals surface area (Å²) in [5.41, 5.74) is 0.0734. The van der Waals surface area contributed by atoms with Gasteiger partial charge in [-0.15, -0.1) is 0 Å². The molecule has 0 aliphatic heterocycles. The molecule has 0 spiro atoms. The molecule has 4 rings (SSSR count). The quantitative estimate of drug-likeness (QED) is 0.159. The van der Waals surface area contributed by atoms with Crippen LogP contribution in [0, 0.1) is 23.7 Å². The van der Waals surface area contributed by atoms with E-state index >= 15 is 0 Å². The first-order chi connectivity index (χ1) is 17.9. The van der Waals surface area contributed by atoms with Crippen LogP contribution in [0.3, 0.4) is 0 Å². The van der Waals surface area contributed by atoms with Gasteiger partial charge in [-0.05, 0) is 66.6 Å². The topological polar surface area (TPSA) is 48.4 Å². The number of hydrogen-bond acceptors (Lipinski definition) is 4. The lowest BCUT2D eigenvalue weighted by molar-refractivity contribution is 0.00687. The predicted octanol–water partition coefficient (Wildman–Crippen LogP) is 6.25. The monoisotopic (exact) mass is 545 g/mol. The molecule has 2 atom stereocenters. The van der Waals surface area contributed by atoms with E-state index in [2.05, 4.69) is 98.3 Å². The molecule has 1 fully saturated rings. The number of carbonyl (C=O) groups excluding carboxylic acids is 1. The molecule has 1 aliphatic carbocycles. The normalized spacial score (nSPS) is 17.3. The van der Waals surface area contributed by atoms with E-state index in [1.807, 2.05) is 20.8 Å². The first kappa shape index (κ1) is 28.1. The fourth-order valence-electron chi connectivity index (χ4n) is 4.79. The molecule has 0 unspecified atom stereocenters. The molecule has 0 radical (unpaired) electrons. The Kier molecular flexibility index (Phi) is 8.18. The molecular formula is C32H36ClNO3Si. The number of pyridine rings is 1. The highest BCUT2D eigenvalue weighted by molar-refractivity contribution is 6.99. The Balaban J connectivity index is 1.56. The number of ether oxygens (including phenoxy) is 1. The molecule has 1 saturated carbocycles. The molecular weight excluding hydrogens is 510 g/mol. The summed E-state index contributed by atoms with van der Waals surface area (Å²) in [5.74, 6) is 6.49. The molecule has 3 aromatic rings. The van der Waals surface area contributed by atoms with Gasteiger partial charge in [0.2, 0.25) is 0 Å². The van der Waals surface area contributed by atoms with Crippen LogP contribution in [0.1, 0.15) is 64.0 Å². The molecule has 0 bridgehead atoms. The van der Waals surface area contributed by atoms with Gasteiger partial charge in [-0.3, -0.25) is 0 Å². The van der Waals surface area contributed by atoms with Crippen molar-refractivity contribution in [3.8, 4) is 11.8 Å². The van der Waals surface area contributed by atoms with Crippen molar-refractivity contribution in [2.45, 2.75) is 58.6 Å². The van der Waals surface area contributed by atoms with E-state index in [0.29, 0.717) is 28.9 Å². The van der Waals surface area contributed by atoms with Gasteiger partial charge in [0, 0.05) is 12.5 Å². The lowest BCUT2D eigenvalue weighted by atomic mass is 10.1. The van der Waals surface area contributed by atoms with Gasteiger partial charge in [-0.25, -0.2) is 9.78 Å². The van der Waals surface area contributed by atoms with Crippen molar-refractivity contribution >= 4 is 36.3 Å². The van der Waals surface area contributed by atoms with Gasteiger partial charge in [0.25, 0.3) is 8.32 Å². The van der Waals surface area contributed by atoms with Crippen LogP contribution < -0.4 is 10.4 Å². The number of rotatable bonds is 6. The van der Waals surface area contributed by atoms with Gasteiger partial charge >= 0.3 is 5.97 Å². The number of benzene rings is 2. The second-order valence-corrected chi connectivity index (χ2v) is 16.6. The maximum absolute atomic E-state index is 12.7. The maximum Gasteiger partial charge on any atom is 0.341 e. The maximum atomic E-state index is 12.7. The van der Waals surface area contributed by atoms with Crippen LogP contribution in [0.25, 0.3) is 0 Å². The van der Waals surface area contributed by atoms with Crippen LogP contribution in [0.15, 0.2) is 72.8 Å². The van der Waals surface area contributed by atoms with Crippen LogP contribution in [0.2, 0.25) is 10.2 Å². The predicted molar refractivity (Wildman–Crippen MR) is 156 cm³/mol. The van der Waals surface area contributed by atoms with E-state index in [1.54, 1.807) is 12.1 Å². The molecule has 0 N–H and O–H groups in total. The molecule has 198 valence electrons. The van der Waals surface area contributed by atoms with Crippen molar-refractivity contribution in [3.05, 3.63) is 89.2 Å². The van der Waals surface area contributed by atoms with E-state index in [-0.39, 0.29) is 11.0 Å². The van der Waals surface area contributed by atoms with Crippen molar-refractivity contribution < 1.29 is 14.0 Å². The van der Waals surface area contributed by atoms with Crippen LogP contribution in [-0.4, -0.2) is 31.5 Å². The van der Waals surface area contributed by atoms with Crippen LogP contribution in [-0.2, 0) is 9.16 Å². The van der Waals surface area contributed by atoms with Gasteiger partial charge < -0.3 is 9.16 Å². The third kappa shape index (κ3) is 6.38. The van der Waals surface area contributed by atoms with Crippen molar-refractivity contribution in [1.29, 1.82) is 0 Å². The number of aromatic nitrogens is 1. The third-order valence-corrected chi connectivity index (χ3v) is 11.9. The molecule has 1 aromatic heterocycles. The minimum Gasteiger partial charge on any atom is -0.456 e. The van der Waals surface area contributed by atoms with E-state index in [1.165, 1.54) is 10.4 Å². The van der Waals surface area contributed by atoms with E-state index in [4.69, 9.17) is 20.8 Å². The fourth-order valence-corrected chi connectivity index (χ4v) is 9.56. The molecule has 1 aliphatic rings. The lowest BCUT2D eigenvalue weighted by Gasteiger charge is -2.43. The Bertz CT molecular complexity index is 1290. The van der Waals surface area contributed by atoms with Crippen LogP contribution in [0.5, 0.6) is 0 Å². The summed E-state index contributed by atoms with van der Waals surface area (Å²) in [7, 11) is -2.58. The smallest absolute Gasteiger partial charge is 0.341 e. The summed E-state index contributed by atoms with van der Waals surface area (Å²) in [4.78, 5) is 17.0. The Morgan fingerprint density at radius 1 is 0.947 bits per heavy atom. The van der Waals surface area contributed by atoms with Crippen molar-refractivity contribution in [1.82, 2.24) is 4.98 Å². The fraction of sp³-hybridized carbons (Fsp3) is 0.375. The minimum absolute atomic E-state index is 0.0706. The van der Waals surface area contributed by atoms with Crippen LogP contribution >= 0.6 is 11.6 Å². The Labute approximate surface area is 232 Å². The van der Waals surface area contributed by atoms with E-state index in [9.17, 15) is 4.79 Å². The molecule has 0 amide bonds. The average molecular weight is 546 g/mol. The van der Waals surface area contributed by atoms with E-state index < -0.39 is 19.9 Å². The molecule has 1 heterocycles. The standard InChI is InChI=1S/C32H36ClNO3Si/c1-31(2,3)37-30(35)27-18-20-29(33)34-28(27)19-17-23-21-24(23)22-36-38(32(4,5)6,25-13-9-7-10-14-25)26-15-11-8-12-16-26/h7-16,18,20,23-24H,21-22H2,1-6H3/t23-,24-/m1/s1. The Hall–Kier alpha value is -2.91. The summed E-state index contributed by atoms with van der Waals surface area (Å²) >= 11 is 6.13. The highest BCUT2D eigenvalue weighted by Crippen LogP contribution is 2.42. The summed E-state index contributed by atoms with van der Waals surface area (Å²) < 4.78 is 12.6. The largest absolute Gasteiger partial charge is 0.456 e. The van der Waals surface area contributed by atoms with Crippen LogP contribution in [0.4, 0.5) is 0 Å². The summed E-state index contributed by atoms with van der Waals surface area (Å²) in [6.07, 6.45) is 0.952. The third-order valence-electron chi connectivity index (χ3n) is 6.71. The van der Waals surface area contributed by atoms with Crippen molar-refractivity contribution in [2.75, 3.05) is 6.61 Å². The van der Waals surface area contributed by atoms with Gasteiger partial charge in [-0.1, -0.05) is 99.0 Å². The summed E-state index contributed by atoms with van der Waals surface area (Å²) in [6, 6.07) is 24.5. The molecule has 0 saturated heterocycles. The van der Waals surface area contributed by atoms with E-state index in [0.717, 1.165) is 6.42 Å². The molecule has 38 heavy (non-hydrogen) atoms. The number of nitrogens with zero attached hydrogens (tertiary/aromatic N) is 1. The lowest BCUT2D eigenvalue weighted by Crippen LogP contribution is -2.66. The number of halogens is 1. The number of esters is 1. The molecule has 2 aromatic carbocycles. The van der Waals surface area contributed by atoms with Gasteiger partial charge in [0.15, 0.2) is 0 Å². The number of hydrogen-bond donors (Lipinski definition) is 0. The zero-order valence-corrected chi connectivity index (χ0v) is 24.8. The minimum atomic E-state index is -2.58. The summed E-state index contributed by atoms with van der Waals surface area (Å²) in [5, 5.41) is 2.77. The zero-order valence-electron chi connectivity index (χ0n) is 23.0. The second-order valence-electron chi connectivity index (χ2n) is 11.9. The number of carbonyl (C=O) groups is 1. The Morgan fingerprint density at radius 3 is 2.05 bits per heavy atom. The van der Waals surface area contributed by atoms with Gasteiger partial charge in [0.1, 0.15) is 16.4 Å². The SMILES string of the molecule is CC(C)(C)OC(=O)c1ccc(Cl)nc1C#C[C@@H]1C[C@@H]1CO[Si](c1ccccc1)(c1ccccc1)C(C)(C)C. The van der Waals surface area contributed by atoms with Gasteiger partial charge in [-0.2, -0.15) is 0 Å². The average Bonchev–Trinajstić information content (AvgIpc) is 3.61. The highest BCUT2D eigenvalue weighted by Gasteiger charge is 2.51. The zero-order chi connectivity index (χ0) is 27.6. The Morgan fingerprint density at radius 2 is 1.53 bits per heavy atom.